The number of nitrogens with zero attached hydrogens (tertiary/aromatic N) is 1. The van der Waals surface area contributed by atoms with E-state index in [2.05, 4.69) is 5.32 Å². The van der Waals surface area contributed by atoms with E-state index in [9.17, 15) is 13.2 Å². The third-order valence-corrected chi connectivity index (χ3v) is 4.01. The molecular formula is C14H19Cl2F3N2. The number of piperazine rings is 1. The minimum absolute atomic E-state index is 0. The van der Waals surface area contributed by atoms with Gasteiger partial charge in [-0.15, -0.1) is 12.4 Å². The van der Waals surface area contributed by atoms with E-state index < -0.39 is 18.6 Å². The molecule has 1 aliphatic heterocycles. The normalized spacial score (nSPS) is 18.1. The first kappa shape index (κ1) is 18.6. The van der Waals surface area contributed by atoms with E-state index >= 15 is 0 Å². The molecule has 0 aromatic heterocycles. The number of alkyl halides is 3. The lowest BCUT2D eigenvalue weighted by Crippen LogP contribution is -2.46. The minimum atomic E-state index is -4.18. The molecular weight excluding hydrogens is 324 g/mol. The first-order valence-corrected chi connectivity index (χ1v) is 7.02. The highest BCUT2D eigenvalue weighted by Gasteiger charge is 2.36. The number of nitrogens with one attached hydrogen (secondary N) is 1. The molecule has 0 bridgehead atoms. The van der Waals surface area contributed by atoms with Crippen molar-refractivity contribution in [3.63, 3.8) is 0 Å². The Morgan fingerprint density at radius 3 is 2.43 bits per heavy atom. The van der Waals surface area contributed by atoms with Crippen LogP contribution in [0.3, 0.4) is 0 Å². The molecule has 120 valence electrons. The van der Waals surface area contributed by atoms with E-state index in [0.29, 0.717) is 23.7 Å². The van der Waals surface area contributed by atoms with Gasteiger partial charge in [0.25, 0.3) is 0 Å². The summed E-state index contributed by atoms with van der Waals surface area (Å²) < 4.78 is 38.6. The van der Waals surface area contributed by atoms with Gasteiger partial charge in [0.15, 0.2) is 0 Å². The molecule has 0 saturated carbocycles. The van der Waals surface area contributed by atoms with Crippen molar-refractivity contribution in [2.75, 3.05) is 26.2 Å². The van der Waals surface area contributed by atoms with Gasteiger partial charge in [-0.05, 0) is 24.1 Å². The summed E-state index contributed by atoms with van der Waals surface area (Å²) in [5, 5.41) is 3.74. The van der Waals surface area contributed by atoms with Crippen molar-refractivity contribution in [2.45, 2.75) is 25.6 Å². The summed E-state index contributed by atoms with van der Waals surface area (Å²) in [6.45, 7) is 4.51. The number of benzene rings is 1. The van der Waals surface area contributed by atoms with Gasteiger partial charge in [-0.2, -0.15) is 13.2 Å². The van der Waals surface area contributed by atoms with Gasteiger partial charge in [0, 0.05) is 37.2 Å². The van der Waals surface area contributed by atoms with Gasteiger partial charge in [0.1, 0.15) is 0 Å². The van der Waals surface area contributed by atoms with Crippen LogP contribution in [0.15, 0.2) is 18.2 Å². The molecule has 1 heterocycles. The van der Waals surface area contributed by atoms with Gasteiger partial charge >= 0.3 is 6.18 Å². The summed E-state index contributed by atoms with van der Waals surface area (Å²) in [5.74, 6) is 0. The molecule has 1 atom stereocenters. The molecule has 1 N–H and O–H groups in total. The van der Waals surface area contributed by atoms with Crippen LogP contribution < -0.4 is 5.32 Å². The Kier molecular flexibility index (Phi) is 6.78. The molecule has 0 amide bonds. The average Bonchev–Trinajstić information content (AvgIpc) is 2.39. The highest BCUT2D eigenvalue weighted by atomic mass is 35.5. The SMILES string of the molecule is Cc1cc([C@@H](CC(F)(F)F)N2CCNCC2)ccc1Cl.Cl. The first-order valence-electron chi connectivity index (χ1n) is 6.64. The quantitative estimate of drug-likeness (QED) is 0.894. The van der Waals surface area contributed by atoms with Crippen molar-refractivity contribution in [1.29, 1.82) is 0 Å². The number of halogens is 5. The lowest BCUT2D eigenvalue weighted by Gasteiger charge is -2.35. The van der Waals surface area contributed by atoms with Gasteiger partial charge < -0.3 is 5.32 Å². The van der Waals surface area contributed by atoms with Crippen molar-refractivity contribution < 1.29 is 13.2 Å². The first-order chi connectivity index (χ1) is 9.37. The fourth-order valence-electron chi connectivity index (χ4n) is 2.55. The second-order valence-electron chi connectivity index (χ2n) is 5.13. The largest absolute Gasteiger partial charge is 0.390 e. The Bertz CT molecular complexity index is 460. The highest BCUT2D eigenvalue weighted by Crippen LogP contribution is 2.35. The molecule has 2 rings (SSSR count). The number of hydrogen-bond donors (Lipinski definition) is 1. The van der Waals surface area contributed by atoms with Crippen LogP contribution in [-0.2, 0) is 0 Å². The maximum absolute atomic E-state index is 12.9. The molecule has 0 spiro atoms. The zero-order chi connectivity index (χ0) is 14.8. The zero-order valence-corrected chi connectivity index (χ0v) is 13.3. The maximum Gasteiger partial charge on any atom is 0.390 e. The molecule has 1 aromatic rings. The van der Waals surface area contributed by atoms with Gasteiger partial charge in [0.05, 0.1) is 6.42 Å². The highest BCUT2D eigenvalue weighted by molar-refractivity contribution is 6.31. The second-order valence-corrected chi connectivity index (χ2v) is 5.54. The van der Waals surface area contributed by atoms with Crippen molar-refractivity contribution >= 4 is 24.0 Å². The molecule has 1 aromatic carbocycles. The van der Waals surface area contributed by atoms with E-state index in [-0.39, 0.29) is 12.4 Å². The van der Waals surface area contributed by atoms with Gasteiger partial charge in [0.2, 0.25) is 0 Å². The van der Waals surface area contributed by atoms with Crippen molar-refractivity contribution in [3.8, 4) is 0 Å². The number of aryl methyl sites for hydroxylation is 1. The summed E-state index contributed by atoms with van der Waals surface area (Å²) in [6.07, 6.45) is -5.00. The topological polar surface area (TPSA) is 15.3 Å². The average molecular weight is 343 g/mol. The molecule has 0 unspecified atom stereocenters. The summed E-state index contributed by atoms with van der Waals surface area (Å²) in [4.78, 5) is 1.90. The van der Waals surface area contributed by atoms with Crippen molar-refractivity contribution in [1.82, 2.24) is 10.2 Å². The van der Waals surface area contributed by atoms with E-state index in [1.54, 1.807) is 18.2 Å². The van der Waals surface area contributed by atoms with Gasteiger partial charge in [-0.3, -0.25) is 4.90 Å². The Labute approximate surface area is 134 Å². The fraction of sp³-hybridized carbons (Fsp3) is 0.571. The van der Waals surface area contributed by atoms with E-state index in [1.165, 1.54) is 0 Å². The molecule has 0 radical (unpaired) electrons. The molecule has 21 heavy (non-hydrogen) atoms. The summed E-state index contributed by atoms with van der Waals surface area (Å²) >= 11 is 5.96. The monoisotopic (exact) mass is 342 g/mol. The molecule has 2 nitrogen and oxygen atoms in total. The zero-order valence-electron chi connectivity index (χ0n) is 11.7. The van der Waals surface area contributed by atoms with Crippen molar-refractivity contribution in [3.05, 3.63) is 34.3 Å². The van der Waals surface area contributed by atoms with Crippen molar-refractivity contribution in [2.24, 2.45) is 0 Å². The van der Waals surface area contributed by atoms with Gasteiger partial charge in [-0.1, -0.05) is 23.7 Å². The fourth-order valence-corrected chi connectivity index (χ4v) is 2.66. The predicted octanol–water partition coefficient (Wildman–Crippen LogP) is 3.97. The lowest BCUT2D eigenvalue weighted by atomic mass is 9.99. The standard InChI is InChI=1S/C14H18ClF3N2.ClH/c1-10-8-11(2-3-12(10)15)13(9-14(16,17)18)20-6-4-19-5-7-20;/h2-3,8,13,19H,4-7,9H2,1H3;1H/t13-;/m1./s1. The van der Waals surface area contributed by atoms with Crippen LogP contribution in [0.2, 0.25) is 5.02 Å². The van der Waals surface area contributed by atoms with Crippen LogP contribution in [0.4, 0.5) is 13.2 Å². The van der Waals surface area contributed by atoms with Crippen LogP contribution >= 0.6 is 24.0 Å². The summed E-state index contributed by atoms with van der Waals surface area (Å²) in [5.41, 5.74) is 1.50. The molecule has 1 aliphatic rings. The molecule has 7 heteroatoms. The molecule has 1 fully saturated rings. The van der Waals surface area contributed by atoms with Crippen LogP contribution in [0.25, 0.3) is 0 Å². The number of rotatable bonds is 3. The maximum atomic E-state index is 12.9. The third kappa shape index (κ3) is 5.33. The third-order valence-electron chi connectivity index (χ3n) is 3.58. The minimum Gasteiger partial charge on any atom is -0.314 e. The molecule has 0 aliphatic carbocycles. The van der Waals surface area contributed by atoms with E-state index in [4.69, 9.17) is 11.6 Å². The summed E-state index contributed by atoms with van der Waals surface area (Å²) in [7, 11) is 0. The Morgan fingerprint density at radius 1 is 1.29 bits per heavy atom. The molecule has 1 saturated heterocycles. The Morgan fingerprint density at radius 2 is 1.90 bits per heavy atom. The van der Waals surface area contributed by atoms with E-state index in [0.717, 1.165) is 18.7 Å². The van der Waals surface area contributed by atoms with Crippen LogP contribution in [0.1, 0.15) is 23.6 Å². The van der Waals surface area contributed by atoms with E-state index in [1.807, 2.05) is 11.8 Å². The smallest absolute Gasteiger partial charge is 0.314 e. The Hall–Kier alpha value is -0.490. The predicted molar refractivity (Wildman–Crippen MR) is 81.3 cm³/mol. The van der Waals surface area contributed by atoms with Crippen LogP contribution in [0, 0.1) is 6.92 Å². The number of hydrogen-bond acceptors (Lipinski definition) is 2. The summed E-state index contributed by atoms with van der Waals surface area (Å²) in [6, 6.07) is 4.51. The van der Waals surface area contributed by atoms with Crippen LogP contribution in [-0.4, -0.2) is 37.3 Å². The van der Waals surface area contributed by atoms with Gasteiger partial charge in [-0.25, -0.2) is 0 Å². The Balaban J connectivity index is 0.00000220. The van der Waals surface area contributed by atoms with Crippen LogP contribution in [0.5, 0.6) is 0 Å². The second kappa shape index (κ2) is 7.68. The lowest BCUT2D eigenvalue weighted by molar-refractivity contribution is -0.148.